The highest BCUT2D eigenvalue weighted by atomic mass is 19.4. The van der Waals surface area contributed by atoms with E-state index in [0.717, 1.165) is 12.3 Å². The van der Waals surface area contributed by atoms with Gasteiger partial charge in [0.1, 0.15) is 12.6 Å². The molecule has 0 saturated carbocycles. The van der Waals surface area contributed by atoms with Crippen molar-refractivity contribution in [3.63, 3.8) is 0 Å². The molecule has 2 aromatic heterocycles. The van der Waals surface area contributed by atoms with Gasteiger partial charge in [0, 0.05) is 25.1 Å². The van der Waals surface area contributed by atoms with Crippen LogP contribution in [0.3, 0.4) is 0 Å². The van der Waals surface area contributed by atoms with E-state index < -0.39 is 18.0 Å². The fourth-order valence-electron chi connectivity index (χ4n) is 2.60. The molecule has 0 aromatic carbocycles. The molecule has 1 amide bonds. The Balaban J connectivity index is 1.61. The molecule has 3 heterocycles. The predicted octanol–water partition coefficient (Wildman–Crippen LogP) is 1.76. The number of ether oxygens (including phenoxy) is 1. The Hall–Kier alpha value is -2.65. The van der Waals surface area contributed by atoms with Gasteiger partial charge in [-0.1, -0.05) is 0 Å². The highest BCUT2D eigenvalue weighted by Crippen LogP contribution is 2.28. The summed E-state index contributed by atoms with van der Waals surface area (Å²) in [5.41, 5.74) is -1.06. The van der Waals surface area contributed by atoms with Gasteiger partial charge in [-0.2, -0.15) is 23.3 Å². The Morgan fingerprint density at radius 2 is 2.20 bits per heavy atom. The minimum Gasteiger partial charge on any atom is -0.458 e. The predicted molar refractivity (Wildman–Crippen MR) is 79.5 cm³/mol. The van der Waals surface area contributed by atoms with Crippen LogP contribution in [0.25, 0.3) is 0 Å². The topological polar surface area (TPSA) is 73.1 Å². The summed E-state index contributed by atoms with van der Waals surface area (Å²) in [6.07, 6.45) is 0.583. The second-order valence-corrected chi connectivity index (χ2v) is 5.65. The van der Waals surface area contributed by atoms with Crippen molar-refractivity contribution in [3.05, 3.63) is 36.4 Å². The van der Waals surface area contributed by atoms with Crippen molar-refractivity contribution >= 4 is 5.91 Å². The molecule has 2 aromatic rings. The molecular formula is C15H16F3N5O2. The van der Waals surface area contributed by atoms with E-state index in [-0.39, 0.29) is 25.0 Å². The second kappa shape index (κ2) is 7.08. The van der Waals surface area contributed by atoms with E-state index in [1.165, 1.54) is 4.68 Å². The number of carbonyl (C=O) groups is 1. The Morgan fingerprint density at radius 1 is 1.36 bits per heavy atom. The van der Waals surface area contributed by atoms with Crippen LogP contribution in [-0.2, 0) is 17.5 Å². The van der Waals surface area contributed by atoms with Crippen molar-refractivity contribution in [1.29, 1.82) is 0 Å². The summed E-state index contributed by atoms with van der Waals surface area (Å²) in [5, 5.41) is 3.98. The highest BCUT2D eigenvalue weighted by molar-refractivity contribution is 5.76. The molecule has 10 heteroatoms. The van der Waals surface area contributed by atoms with Gasteiger partial charge in [-0.15, -0.1) is 0 Å². The monoisotopic (exact) mass is 355 g/mol. The van der Waals surface area contributed by atoms with Crippen molar-refractivity contribution in [2.24, 2.45) is 0 Å². The van der Waals surface area contributed by atoms with Crippen LogP contribution in [0.15, 0.2) is 30.7 Å². The highest BCUT2D eigenvalue weighted by Gasteiger charge is 2.33. The zero-order valence-electron chi connectivity index (χ0n) is 13.2. The van der Waals surface area contributed by atoms with Crippen LogP contribution < -0.4 is 4.74 Å². The number of piperidine rings is 1. The molecule has 1 fully saturated rings. The quantitative estimate of drug-likeness (QED) is 0.836. The van der Waals surface area contributed by atoms with Gasteiger partial charge in [-0.3, -0.25) is 9.48 Å². The molecular weight excluding hydrogens is 339 g/mol. The van der Waals surface area contributed by atoms with Crippen LogP contribution in [0.1, 0.15) is 18.5 Å². The maximum Gasteiger partial charge on any atom is 0.433 e. The number of aromatic nitrogens is 4. The minimum absolute atomic E-state index is 0.111. The molecule has 1 aliphatic rings. The first-order chi connectivity index (χ1) is 11.9. The Labute approximate surface area is 141 Å². The Morgan fingerprint density at radius 3 is 2.92 bits per heavy atom. The number of rotatable bonds is 4. The summed E-state index contributed by atoms with van der Waals surface area (Å²) in [6.45, 7) is 0.961. The van der Waals surface area contributed by atoms with Crippen molar-refractivity contribution in [2.75, 3.05) is 13.1 Å². The SMILES string of the molecule is O=C(Cn1cccn1)N1CCCC(Oc2nccc(C(F)(F)F)n2)C1. The zero-order valence-corrected chi connectivity index (χ0v) is 13.2. The molecule has 3 rings (SSSR count). The van der Waals surface area contributed by atoms with Gasteiger partial charge in [-0.25, -0.2) is 4.98 Å². The maximum absolute atomic E-state index is 12.7. The summed E-state index contributed by atoms with van der Waals surface area (Å²) in [6, 6.07) is 2.18. The van der Waals surface area contributed by atoms with E-state index in [1.54, 1.807) is 23.4 Å². The second-order valence-electron chi connectivity index (χ2n) is 5.65. The van der Waals surface area contributed by atoms with Crippen molar-refractivity contribution in [1.82, 2.24) is 24.6 Å². The fraction of sp³-hybridized carbons (Fsp3) is 0.467. The molecule has 1 atom stereocenters. The Bertz CT molecular complexity index is 720. The average molecular weight is 355 g/mol. The summed E-state index contributed by atoms with van der Waals surface area (Å²) in [7, 11) is 0. The number of likely N-dealkylation sites (tertiary alicyclic amines) is 1. The lowest BCUT2D eigenvalue weighted by Crippen LogP contribution is -2.45. The zero-order chi connectivity index (χ0) is 17.9. The number of nitrogens with zero attached hydrogens (tertiary/aromatic N) is 5. The van der Waals surface area contributed by atoms with E-state index in [0.29, 0.717) is 19.4 Å². The van der Waals surface area contributed by atoms with Crippen LogP contribution in [-0.4, -0.2) is 49.7 Å². The van der Waals surface area contributed by atoms with Crippen LogP contribution in [0.5, 0.6) is 6.01 Å². The molecule has 134 valence electrons. The number of amides is 1. The normalized spacial score (nSPS) is 18.2. The third-order valence-electron chi connectivity index (χ3n) is 3.78. The maximum atomic E-state index is 12.7. The van der Waals surface area contributed by atoms with Crippen LogP contribution in [0.4, 0.5) is 13.2 Å². The van der Waals surface area contributed by atoms with Gasteiger partial charge in [0.15, 0.2) is 5.69 Å². The molecule has 0 bridgehead atoms. The van der Waals surface area contributed by atoms with Crippen molar-refractivity contribution in [3.8, 4) is 6.01 Å². The molecule has 0 spiro atoms. The fourth-order valence-corrected chi connectivity index (χ4v) is 2.60. The number of alkyl halides is 3. The smallest absolute Gasteiger partial charge is 0.433 e. The van der Waals surface area contributed by atoms with E-state index in [2.05, 4.69) is 15.1 Å². The first-order valence-corrected chi connectivity index (χ1v) is 7.74. The summed E-state index contributed by atoms with van der Waals surface area (Å²) in [5.74, 6) is -0.123. The van der Waals surface area contributed by atoms with Gasteiger partial charge in [0.05, 0.1) is 6.54 Å². The van der Waals surface area contributed by atoms with Crippen LogP contribution >= 0.6 is 0 Å². The van der Waals surface area contributed by atoms with Crippen molar-refractivity contribution < 1.29 is 22.7 Å². The molecule has 7 nitrogen and oxygen atoms in total. The van der Waals surface area contributed by atoms with Gasteiger partial charge in [-0.05, 0) is 25.0 Å². The van der Waals surface area contributed by atoms with Gasteiger partial charge >= 0.3 is 12.2 Å². The lowest BCUT2D eigenvalue weighted by molar-refractivity contribution is -0.141. The molecule has 1 saturated heterocycles. The molecule has 25 heavy (non-hydrogen) atoms. The summed E-state index contributed by atoms with van der Waals surface area (Å²) >= 11 is 0. The molecule has 0 radical (unpaired) electrons. The summed E-state index contributed by atoms with van der Waals surface area (Å²) in [4.78, 5) is 21.0. The van der Waals surface area contributed by atoms with Crippen LogP contribution in [0, 0.1) is 0 Å². The number of hydrogen-bond donors (Lipinski definition) is 0. The molecule has 1 aliphatic heterocycles. The lowest BCUT2D eigenvalue weighted by Gasteiger charge is -2.32. The van der Waals surface area contributed by atoms with Crippen molar-refractivity contribution in [2.45, 2.75) is 31.7 Å². The Kier molecular flexibility index (Phi) is 4.86. The minimum atomic E-state index is -4.56. The molecule has 0 aliphatic carbocycles. The standard InChI is InChI=1S/C15H16F3N5O2/c16-15(17,18)12-4-6-19-14(21-12)25-11-3-1-7-22(9-11)13(24)10-23-8-2-5-20-23/h2,4-6,8,11H,1,3,7,9-10H2. The lowest BCUT2D eigenvalue weighted by atomic mass is 10.1. The van der Waals surface area contributed by atoms with Crippen LogP contribution in [0.2, 0.25) is 0 Å². The molecule has 0 N–H and O–H groups in total. The molecule has 1 unspecified atom stereocenters. The van der Waals surface area contributed by atoms with Gasteiger partial charge in [0.2, 0.25) is 5.91 Å². The third-order valence-corrected chi connectivity index (χ3v) is 3.78. The van der Waals surface area contributed by atoms with E-state index in [9.17, 15) is 18.0 Å². The van der Waals surface area contributed by atoms with E-state index in [4.69, 9.17) is 4.74 Å². The third kappa shape index (κ3) is 4.46. The average Bonchev–Trinajstić information content (AvgIpc) is 3.07. The largest absolute Gasteiger partial charge is 0.458 e. The van der Waals surface area contributed by atoms with E-state index >= 15 is 0 Å². The number of carbonyl (C=O) groups excluding carboxylic acids is 1. The van der Waals surface area contributed by atoms with Gasteiger partial charge < -0.3 is 9.64 Å². The number of hydrogen-bond acceptors (Lipinski definition) is 5. The van der Waals surface area contributed by atoms with E-state index in [1.807, 2.05) is 0 Å². The van der Waals surface area contributed by atoms with Gasteiger partial charge in [0.25, 0.3) is 0 Å². The number of halogens is 3. The first kappa shape index (κ1) is 17.2. The summed E-state index contributed by atoms with van der Waals surface area (Å²) < 4.78 is 45.0. The first-order valence-electron chi connectivity index (χ1n) is 7.74.